The number of fused-ring (bicyclic) bond motifs is 5. The summed E-state index contributed by atoms with van der Waals surface area (Å²) in [5.41, 5.74) is -0.450. The van der Waals surface area contributed by atoms with Crippen LogP contribution in [0, 0.1) is 28.6 Å². The normalized spacial score (nSPS) is 49.2. The SMILES string of the molecule is C[C@]12CCC3[C@@H](CC[C@@H]4C[C@@H](O)CC[C@]34CO)[C@@]1(O)CC[C@@H]2c1ccc(=O)oc1. The van der Waals surface area contributed by atoms with Crippen molar-refractivity contribution in [2.45, 2.75) is 82.3 Å². The Hall–Kier alpha value is -1.17. The van der Waals surface area contributed by atoms with Crippen LogP contribution in [0.25, 0.3) is 0 Å². The highest BCUT2D eigenvalue weighted by Crippen LogP contribution is 2.70. The van der Waals surface area contributed by atoms with Crippen LogP contribution < -0.4 is 5.63 Å². The molecule has 1 heterocycles. The van der Waals surface area contributed by atoms with Gasteiger partial charge in [0, 0.05) is 18.1 Å². The van der Waals surface area contributed by atoms with Crippen LogP contribution in [-0.2, 0) is 0 Å². The summed E-state index contributed by atoms with van der Waals surface area (Å²) in [5, 5.41) is 32.9. The van der Waals surface area contributed by atoms with Crippen LogP contribution in [0.5, 0.6) is 0 Å². The largest absolute Gasteiger partial charge is 0.431 e. The molecule has 0 radical (unpaired) electrons. The minimum atomic E-state index is -0.750. The predicted octanol–water partition coefficient (Wildman–Crippen LogP) is 3.21. The van der Waals surface area contributed by atoms with E-state index in [1.807, 2.05) is 6.07 Å². The molecule has 4 aliphatic carbocycles. The van der Waals surface area contributed by atoms with Gasteiger partial charge >= 0.3 is 5.63 Å². The maximum atomic E-state index is 12.2. The molecule has 4 fully saturated rings. The summed E-state index contributed by atoms with van der Waals surface area (Å²) in [6.07, 6.45) is 9.36. The number of hydrogen-bond donors (Lipinski definition) is 3. The van der Waals surface area contributed by atoms with Gasteiger partial charge in [0.25, 0.3) is 0 Å². The third-order valence-corrected chi connectivity index (χ3v) is 9.94. The minimum absolute atomic E-state index is 0.142. The van der Waals surface area contributed by atoms with E-state index in [9.17, 15) is 20.1 Å². The molecule has 29 heavy (non-hydrogen) atoms. The molecule has 1 aromatic heterocycles. The van der Waals surface area contributed by atoms with Crippen molar-refractivity contribution in [3.05, 3.63) is 34.4 Å². The summed E-state index contributed by atoms with van der Waals surface area (Å²) in [5.74, 6) is 1.07. The summed E-state index contributed by atoms with van der Waals surface area (Å²) >= 11 is 0. The second kappa shape index (κ2) is 6.66. The Labute approximate surface area is 172 Å². The van der Waals surface area contributed by atoms with Gasteiger partial charge in [-0.15, -0.1) is 0 Å². The molecule has 0 aliphatic heterocycles. The fourth-order valence-electron chi connectivity index (χ4n) is 8.41. The average molecular weight is 403 g/mol. The van der Waals surface area contributed by atoms with Crippen LogP contribution in [0.4, 0.5) is 0 Å². The zero-order valence-electron chi connectivity index (χ0n) is 17.3. The maximum Gasteiger partial charge on any atom is 0.335 e. The van der Waals surface area contributed by atoms with Gasteiger partial charge in [-0.25, -0.2) is 4.79 Å². The van der Waals surface area contributed by atoms with Gasteiger partial charge in [-0.1, -0.05) is 6.92 Å². The van der Waals surface area contributed by atoms with E-state index in [4.69, 9.17) is 4.42 Å². The van der Waals surface area contributed by atoms with Gasteiger partial charge in [0.05, 0.1) is 18.0 Å². The van der Waals surface area contributed by atoms with Gasteiger partial charge in [0.15, 0.2) is 0 Å². The molecule has 160 valence electrons. The van der Waals surface area contributed by atoms with Gasteiger partial charge in [0.1, 0.15) is 0 Å². The lowest BCUT2D eigenvalue weighted by atomic mass is 9.43. The van der Waals surface area contributed by atoms with Crippen LogP contribution in [-0.4, -0.2) is 33.6 Å². The third-order valence-electron chi connectivity index (χ3n) is 9.94. The van der Waals surface area contributed by atoms with E-state index in [1.165, 1.54) is 6.07 Å². The highest BCUT2D eigenvalue weighted by molar-refractivity contribution is 5.27. The summed E-state index contributed by atoms with van der Waals surface area (Å²) in [6, 6.07) is 3.36. The zero-order valence-corrected chi connectivity index (χ0v) is 17.3. The molecule has 4 aliphatic rings. The molecule has 1 unspecified atom stereocenters. The fraction of sp³-hybridized carbons (Fsp3) is 0.792. The molecule has 0 aromatic carbocycles. The highest BCUT2D eigenvalue weighted by Gasteiger charge is 2.68. The van der Waals surface area contributed by atoms with Crippen molar-refractivity contribution < 1.29 is 19.7 Å². The molecule has 0 amide bonds. The molecule has 8 atom stereocenters. The molecule has 0 spiro atoms. The number of rotatable bonds is 2. The topological polar surface area (TPSA) is 90.9 Å². The van der Waals surface area contributed by atoms with Crippen LogP contribution in [0.1, 0.15) is 76.2 Å². The van der Waals surface area contributed by atoms with E-state index in [1.54, 1.807) is 6.26 Å². The molecule has 3 N–H and O–H groups in total. The Kier molecular flexibility index (Phi) is 4.54. The molecular formula is C24H34O5. The second-order valence-electron chi connectivity index (χ2n) is 10.7. The first-order chi connectivity index (χ1) is 13.8. The van der Waals surface area contributed by atoms with Crippen molar-refractivity contribution in [2.75, 3.05) is 6.61 Å². The Balaban J connectivity index is 1.50. The Morgan fingerprint density at radius 2 is 1.90 bits per heavy atom. The first-order valence-electron chi connectivity index (χ1n) is 11.4. The predicted molar refractivity (Wildman–Crippen MR) is 108 cm³/mol. The van der Waals surface area contributed by atoms with E-state index in [0.29, 0.717) is 11.8 Å². The first kappa shape index (κ1) is 19.8. The Morgan fingerprint density at radius 1 is 1.07 bits per heavy atom. The van der Waals surface area contributed by atoms with Crippen molar-refractivity contribution >= 4 is 0 Å². The second-order valence-corrected chi connectivity index (χ2v) is 10.7. The van der Waals surface area contributed by atoms with Gasteiger partial charge in [-0.2, -0.15) is 0 Å². The van der Waals surface area contributed by atoms with Crippen LogP contribution in [0.3, 0.4) is 0 Å². The smallest absolute Gasteiger partial charge is 0.335 e. The van der Waals surface area contributed by atoms with Gasteiger partial charge in [-0.3, -0.25) is 0 Å². The van der Waals surface area contributed by atoms with E-state index in [0.717, 1.165) is 63.4 Å². The fourth-order valence-corrected chi connectivity index (χ4v) is 8.41. The van der Waals surface area contributed by atoms with Crippen LogP contribution in [0.15, 0.2) is 27.6 Å². The monoisotopic (exact) mass is 402 g/mol. The average Bonchev–Trinajstić information content (AvgIpc) is 3.00. The first-order valence-corrected chi connectivity index (χ1v) is 11.4. The summed E-state index contributed by atoms with van der Waals surface area (Å²) < 4.78 is 5.16. The van der Waals surface area contributed by atoms with Gasteiger partial charge in [0.2, 0.25) is 0 Å². The van der Waals surface area contributed by atoms with E-state index < -0.39 is 5.60 Å². The molecule has 0 saturated heterocycles. The molecule has 1 aromatic rings. The quantitative estimate of drug-likeness (QED) is 0.707. The van der Waals surface area contributed by atoms with Crippen LogP contribution in [0.2, 0.25) is 0 Å². The van der Waals surface area contributed by atoms with E-state index >= 15 is 0 Å². The van der Waals surface area contributed by atoms with Gasteiger partial charge in [-0.05, 0) is 98.5 Å². The van der Waals surface area contributed by atoms with E-state index in [2.05, 4.69) is 6.92 Å². The standard InChI is InChI=1S/C24H34O5/c1-22-9-7-19-20(4-3-16-12-17(26)6-10-23(16,19)14-25)24(22,28)11-8-18(22)15-2-5-21(27)29-13-15/h2,5,13,16-20,25-26,28H,3-4,6-12,14H2,1H3/t16-,17+,18-,19?,20-,22-,23-,24+/m1/s1. The number of aliphatic hydroxyl groups is 3. The Morgan fingerprint density at radius 3 is 2.62 bits per heavy atom. The van der Waals surface area contributed by atoms with Crippen molar-refractivity contribution in [3.63, 3.8) is 0 Å². The molecule has 0 bridgehead atoms. The molecule has 5 rings (SSSR count). The maximum absolute atomic E-state index is 12.2. The number of hydrogen-bond acceptors (Lipinski definition) is 5. The van der Waals surface area contributed by atoms with Gasteiger partial charge < -0.3 is 19.7 Å². The van der Waals surface area contributed by atoms with Crippen molar-refractivity contribution in [2.24, 2.45) is 28.6 Å². The third kappa shape index (κ3) is 2.60. The highest BCUT2D eigenvalue weighted by atomic mass is 16.4. The molecular weight excluding hydrogens is 368 g/mol. The number of aliphatic hydroxyl groups excluding tert-OH is 2. The van der Waals surface area contributed by atoms with Crippen molar-refractivity contribution in [1.82, 2.24) is 0 Å². The molecule has 5 heteroatoms. The van der Waals surface area contributed by atoms with Crippen molar-refractivity contribution in [1.29, 1.82) is 0 Å². The summed E-state index contributed by atoms with van der Waals surface area (Å²) in [4.78, 5) is 11.4. The van der Waals surface area contributed by atoms with Crippen molar-refractivity contribution in [3.8, 4) is 0 Å². The molecule has 5 nitrogen and oxygen atoms in total. The summed E-state index contributed by atoms with van der Waals surface area (Å²) in [6.45, 7) is 2.40. The lowest BCUT2D eigenvalue weighted by Crippen LogP contribution is -2.63. The summed E-state index contributed by atoms with van der Waals surface area (Å²) in [7, 11) is 0. The van der Waals surface area contributed by atoms with Crippen LogP contribution >= 0.6 is 0 Å². The zero-order chi connectivity index (χ0) is 20.4. The lowest BCUT2D eigenvalue weighted by Gasteiger charge is -2.64. The minimum Gasteiger partial charge on any atom is -0.431 e. The lowest BCUT2D eigenvalue weighted by molar-refractivity contribution is -0.217. The van der Waals surface area contributed by atoms with E-state index in [-0.39, 0.29) is 41.0 Å². The Bertz CT molecular complexity index is 814. The molecule has 4 saturated carbocycles.